The first-order chi connectivity index (χ1) is 11.0. The van der Waals surface area contributed by atoms with Gasteiger partial charge in [0.2, 0.25) is 5.91 Å². The number of thioether (sulfide) groups is 1. The van der Waals surface area contributed by atoms with Gasteiger partial charge in [-0.3, -0.25) is 14.2 Å². The van der Waals surface area contributed by atoms with Crippen LogP contribution in [0.2, 0.25) is 0 Å². The molecule has 1 amide bonds. The lowest BCUT2D eigenvalue weighted by atomic mass is 10.2. The monoisotopic (exact) mass is 329 g/mol. The summed E-state index contributed by atoms with van der Waals surface area (Å²) in [7, 11) is 0. The third-order valence-electron chi connectivity index (χ3n) is 4.08. The van der Waals surface area contributed by atoms with E-state index in [1.54, 1.807) is 11.5 Å². The molecule has 0 radical (unpaired) electrons. The maximum atomic E-state index is 12.4. The smallest absolute Gasteiger partial charge is 0.257 e. The van der Waals surface area contributed by atoms with E-state index in [0.29, 0.717) is 16.5 Å². The average molecular weight is 329 g/mol. The second-order valence-corrected chi connectivity index (χ2v) is 6.85. The molecule has 0 saturated heterocycles. The number of nitrogens with zero attached hydrogens (tertiary/aromatic N) is 2. The van der Waals surface area contributed by atoms with E-state index in [1.807, 2.05) is 38.1 Å². The number of aromatic nitrogens is 2. The summed E-state index contributed by atoms with van der Waals surface area (Å²) < 4.78 is 1.67. The van der Waals surface area contributed by atoms with Crippen molar-refractivity contribution in [2.45, 2.75) is 38.4 Å². The van der Waals surface area contributed by atoms with Crippen molar-refractivity contribution in [1.82, 2.24) is 9.55 Å². The molecule has 0 fully saturated rings. The van der Waals surface area contributed by atoms with Gasteiger partial charge in [0.25, 0.3) is 5.56 Å². The Morgan fingerprint density at radius 2 is 2.00 bits per heavy atom. The molecule has 3 rings (SSSR count). The Kier molecular flexibility index (Phi) is 4.26. The van der Waals surface area contributed by atoms with Crippen molar-refractivity contribution in [1.29, 1.82) is 0 Å². The number of carbonyl (C=O) groups is 1. The minimum absolute atomic E-state index is 0.0364. The molecule has 1 aromatic heterocycles. The number of fused-ring (bicyclic) bond motifs is 1. The molecule has 1 aliphatic rings. The molecular formula is C17H19N3O2S. The molecular weight excluding hydrogens is 310 g/mol. The molecule has 1 unspecified atom stereocenters. The predicted octanol–water partition coefficient (Wildman–Crippen LogP) is 2.84. The minimum atomic E-state index is -0.139. The van der Waals surface area contributed by atoms with Gasteiger partial charge >= 0.3 is 0 Å². The minimum Gasteiger partial charge on any atom is -0.326 e. The van der Waals surface area contributed by atoms with Crippen LogP contribution in [0.3, 0.4) is 0 Å². The highest BCUT2D eigenvalue weighted by molar-refractivity contribution is 7.99. The Morgan fingerprint density at radius 1 is 1.30 bits per heavy atom. The van der Waals surface area contributed by atoms with E-state index in [0.717, 1.165) is 16.9 Å². The van der Waals surface area contributed by atoms with Crippen molar-refractivity contribution in [3.05, 3.63) is 51.4 Å². The third-order valence-corrected chi connectivity index (χ3v) is 5.18. The predicted molar refractivity (Wildman–Crippen MR) is 92.2 cm³/mol. The van der Waals surface area contributed by atoms with Gasteiger partial charge in [-0.1, -0.05) is 29.5 Å². The molecule has 1 atom stereocenters. The molecule has 120 valence electrons. The van der Waals surface area contributed by atoms with Crippen molar-refractivity contribution in [3.8, 4) is 0 Å². The van der Waals surface area contributed by atoms with Crippen molar-refractivity contribution in [3.63, 3.8) is 0 Å². The molecule has 2 aromatic rings. The van der Waals surface area contributed by atoms with Crippen molar-refractivity contribution in [2.75, 3.05) is 11.1 Å². The number of rotatable bonds is 3. The summed E-state index contributed by atoms with van der Waals surface area (Å²) in [6.07, 6.45) is 0.276. The molecule has 0 bridgehead atoms. The van der Waals surface area contributed by atoms with E-state index in [2.05, 4.69) is 10.3 Å². The average Bonchev–Trinajstić information content (AvgIpc) is 2.90. The molecule has 0 saturated carbocycles. The summed E-state index contributed by atoms with van der Waals surface area (Å²) in [6, 6.07) is 7.53. The second kappa shape index (κ2) is 6.20. The number of amides is 1. The van der Waals surface area contributed by atoms with E-state index in [9.17, 15) is 9.59 Å². The summed E-state index contributed by atoms with van der Waals surface area (Å²) >= 11 is 1.54. The fraction of sp³-hybridized carbons (Fsp3) is 0.353. The fourth-order valence-corrected chi connectivity index (χ4v) is 3.77. The van der Waals surface area contributed by atoms with Crippen LogP contribution in [0.15, 0.2) is 34.2 Å². The molecule has 1 aliphatic heterocycles. The Bertz CT molecular complexity index is 812. The molecule has 1 N–H and O–H groups in total. The van der Waals surface area contributed by atoms with Crippen LogP contribution in [0.1, 0.15) is 29.3 Å². The van der Waals surface area contributed by atoms with E-state index in [-0.39, 0.29) is 23.9 Å². The second-order valence-electron chi connectivity index (χ2n) is 5.86. The summed E-state index contributed by atoms with van der Waals surface area (Å²) in [6.45, 7) is 5.63. The lowest BCUT2D eigenvalue weighted by molar-refractivity contribution is -0.116. The number of aryl methyl sites for hydroxylation is 2. The molecule has 1 aromatic carbocycles. The molecule has 23 heavy (non-hydrogen) atoms. The quantitative estimate of drug-likeness (QED) is 0.880. The van der Waals surface area contributed by atoms with E-state index in [1.165, 1.54) is 11.8 Å². The van der Waals surface area contributed by atoms with E-state index in [4.69, 9.17) is 0 Å². The maximum Gasteiger partial charge on any atom is 0.257 e. The highest BCUT2D eigenvalue weighted by Crippen LogP contribution is 2.32. The Hall–Kier alpha value is -2.08. The Labute approximate surface area is 139 Å². The van der Waals surface area contributed by atoms with Gasteiger partial charge in [-0.25, -0.2) is 4.98 Å². The van der Waals surface area contributed by atoms with Gasteiger partial charge in [0, 0.05) is 29.1 Å². The number of benzene rings is 1. The zero-order chi connectivity index (χ0) is 16.6. The van der Waals surface area contributed by atoms with Crippen LogP contribution in [0.5, 0.6) is 0 Å². The zero-order valence-corrected chi connectivity index (χ0v) is 14.2. The first-order valence-corrected chi connectivity index (χ1v) is 8.53. The van der Waals surface area contributed by atoms with Crippen LogP contribution in [0, 0.1) is 20.8 Å². The lowest BCUT2D eigenvalue weighted by Gasteiger charge is -2.14. The summed E-state index contributed by atoms with van der Waals surface area (Å²) in [4.78, 5) is 29.2. The number of anilines is 1. The molecule has 6 heteroatoms. The molecule has 2 heterocycles. The Morgan fingerprint density at radius 3 is 2.70 bits per heavy atom. The largest absolute Gasteiger partial charge is 0.326 e. The van der Waals surface area contributed by atoms with Crippen LogP contribution in [0.25, 0.3) is 0 Å². The topological polar surface area (TPSA) is 64.0 Å². The van der Waals surface area contributed by atoms with Crippen LogP contribution < -0.4 is 10.9 Å². The van der Waals surface area contributed by atoms with Gasteiger partial charge in [0.15, 0.2) is 5.16 Å². The molecule has 5 nitrogen and oxygen atoms in total. The first-order valence-electron chi connectivity index (χ1n) is 7.55. The van der Waals surface area contributed by atoms with Crippen molar-refractivity contribution < 1.29 is 4.79 Å². The van der Waals surface area contributed by atoms with Crippen molar-refractivity contribution >= 4 is 23.4 Å². The van der Waals surface area contributed by atoms with Gasteiger partial charge in [-0.2, -0.15) is 0 Å². The van der Waals surface area contributed by atoms with Gasteiger partial charge in [-0.05, 0) is 32.9 Å². The molecule has 0 spiro atoms. The summed E-state index contributed by atoms with van der Waals surface area (Å²) in [5, 5.41) is 3.60. The van der Waals surface area contributed by atoms with Gasteiger partial charge in [0.05, 0.1) is 6.04 Å². The van der Waals surface area contributed by atoms with Crippen LogP contribution in [-0.2, 0) is 4.79 Å². The normalized spacial score (nSPS) is 16.2. The van der Waals surface area contributed by atoms with Crippen molar-refractivity contribution in [2.24, 2.45) is 0 Å². The third kappa shape index (κ3) is 3.17. The zero-order valence-electron chi connectivity index (χ0n) is 13.4. The summed E-state index contributed by atoms with van der Waals surface area (Å²) in [5.41, 5.74) is 3.30. The van der Waals surface area contributed by atoms with E-state index >= 15 is 0 Å². The van der Waals surface area contributed by atoms with Gasteiger partial charge in [0.1, 0.15) is 0 Å². The fourth-order valence-electron chi connectivity index (χ4n) is 2.59. The van der Waals surface area contributed by atoms with Crippen LogP contribution >= 0.6 is 11.8 Å². The SMILES string of the molecule is Cc1ccc(NC(=O)CC2CSc3nc(C)c(C)c(=O)n32)cc1. The number of hydrogen-bond acceptors (Lipinski definition) is 4. The number of nitrogens with one attached hydrogen (secondary N) is 1. The first kappa shape index (κ1) is 15.8. The lowest BCUT2D eigenvalue weighted by Crippen LogP contribution is -2.29. The Balaban J connectivity index is 1.76. The number of hydrogen-bond donors (Lipinski definition) is 1. The molecule has 0 aliphatic carbocycles. The standard InChI is InChI=1S/C17H19N3O2S/c1-10-4-6-13(7-5-10)19-15(21)8-14-9-23-17-18-12(3)11(2)16(22)20(14)17/h4-7,14H,8-9H2,1-3H3,(H,19,21). The maximum absolute atomic E-state index is 12.4. The van der Waals surface area contributed by atoms with Crippen LogP contribution in [-0.4, -0.2) is 21.2 Å². The highest BCUT2D eigenvalue weighted by Gasteiger charge is 2.28. The number of carbonyl (C=O) groups excluding carboxylic acids is 1. The van der Waals surface area contributed by atoms with Crippen LogP contribution in [0.4, 0.5) is 5.69 Å². The summed E-state index contributed by atoms with van der Waals surface area (Å²) in [5.74, 6) is 0.615. The van der Waals surface area contributed by atoms with Gasteiger partial charge < -0.3 is 5.32 Å². The highest BCUT2D eigenvalue weighted by atomic mass is 32.2. The van der Waals surface area contributed by atoms with E-state index < -0.39 is 0 Å². The van der Waals surface area contributed by atoms with Gasteiger partial charge in [-0.15, -0.1) is 0 Å².